The van der Waals surface area contributed by atoms with Gasteiger partial charge < -0.3 is 5.32 Å². The second kappa shape index (κ2) is 8.05. The lowest BCUT2D eigenvalue weighted by molar-refractivity contribution is -0.121. The van der Waals surface area contributed by atoms with Crippen molar-refractivity contribution in [3.05, 3.63) is 77.2 Å². The molecular weight excluding hydrogens is 368 g/mol. The molecule has 1 aromatic carbocycles. The van der Waals surface area contributed by atoms with Gasteiger partial charge >= 0.3 is 0 Å². The number of rotatable bonds is 6. The van der Waals surface area contributed by atoms with Crippen LogP contribution in [0.5, 0.6) is 0 Å². The molecule has 0 aliphatic rings. The van der Waals surface area contributed by atoms with Gasteiger partial charge in [-0.1, -0.05) is 18.2 Å². The predicted molar refractivity (Wildman–Crippen MR) is 109 cm³/mol. The highest BCUT2D eigenvalue weighted by molar-refractivity contribution is 5.77. The minimum absolute atomic E-state index is 0.138. The van der Waals surface area contributed by atoms with E-state index < -0.39 is 0 Å². The number of pyridine rings is 1. The van der Waals surface area contributed by atoms with Gasteiger partial charge in [0.05, 0.1) is 29.1 Å². The SMILES string of the molecule is Cn1cc(-c2ccc(CNC(=O)CCn3cnc4ccccc4c3=O)cn2)cn1. The van der Waals surface area contributed by atoms with Gasteiger partial charge in [-0.05, 0) is 23.8 Å². The van der Waals surface area contributed by atoms with E-state index in [0.717, 1.165) is 16.8 Å². The van der Waals surface area contributed by atoms with Gasteiger partial charge in [0.15, 0.2) is 0 Å². The van der Waals surface area contributed by atoms with Gasteiger partial charge in [0.2, 0.25) is 5.91 Å². The van der Waals surface area contributed by atoms with E-state index in [-0.39, 0.29) is 24.4 Å². The van der Waals surface area contributed by atoms with Crippen LogP contribution in [0.3, 0.4) is 0 Å². The number of hydrogen-bond acceptors (Lipinski definition) is 5. The smallest absolute Gasteiger partial charge is 0.261 e. The van der Waals surface area contributed by atoms with E-state index in [1.807, 2.05) is 31.4 Å². The van der Waals surface area contributed by atoms with Crippen molar-refractivity contribution >= 4 is 16.8 Å². The maximum absolute atomic E-state index is 12.4. The van der Waals surface area contributed by atoms with Crippen molar-refractivity contribution in [2.45, 2.75) is 19.5 Å². The summed E-state index contributed by atoms with van der Waals surface area (Å²) in [5.74, 6) is -0.138. The number of carbonyl (C=O) groups excluding carboxylic acids is 1. The van der Waals surface area contributed by atoms with E-state index in [9.17, 15) is 9.59 Å². The number of carbonyl (C=O) groups is 1. The number of nitrogens with zero attached hydrogens (tertiary/aromatic N) is 5. The summed E-state index contributed by atoms with van der Waals surface area (Å²) in [5, 5.41) is 7.54. The lowest BCUT2D eigenvalue weighted by atomic mass is 10.2. The number of nitrogens with one attached hydrogen (secondary N) is 1. The van der Waals surface area contributed by atoms with Crippen LogP contribution in [-0.2, 0) is 24.9 Å². The fourth-order valence-electron chi connectivity index (χ4n) is 3.03. The Kier molecular flexibility index (Phi) is 5.15. The highest BCUT2D eigenvalue weighted by Crippen LogP contribution is 2.15. The Bertz CT molecular complexity index is 1210. The Labute approximate surface area is 166 Å². The van der Waals surface area contributed by atoms with E-state index in [1.165, 1.54) is 10.9 Å². The Balaban J connectivity index is 1.32. The first-order valence-corrected chi connectivity index (χ1v) is 9.25. The molecule has 1 amide bonds. The quantitative estimate of drug-likeness (QED) is 0.544. The zero-order valence-corrected chi connectivity index (χ0v) is 15.9. The molecule has 0 bridgehead atoms. The zero-order chi connectivity index (χ0) is 20.2. The van der Waals surface area contributed by atoms with E-state index in [2.05, 4.69) is 20.4 Å². The summed E-state index contributed by atoms with van der Waals surface area (Å²) in [6, 6.07) is 11.0. The number of para-hydroxylation sites is 1. The van der Waals surface area contributed by atoms with Crippen molar-refractivity contribution < 1.29 is 4.79 Å². The van der Waals surface area contributed by atoms with Crippen LogP contribution in [-0.4, -0.2) is 30.2 Å². The van der Waals surface area contributed by atoms with Crippen LogP contribution in [0, 0.1) is 0 Å². The maximum atomic E-state index is 12.4. The van der Waals surface area contributed by atoms with Crippen molar-refractivity contribution in [1.29, 1.82) is 0 Å². The molecule has 1 N–H and O–H groups in total. The Morgan fingerprint density at radius 1 is 1.10 bits per heavy atom. The second-order valence-corrected chi connectivity index (χ2v) is 6.74. The first kappa shape index (κ1) is 18.5. The Morgan fingerprint density at radius 2 is 1.97 bits per heavy atom. The number of aromatic nitrogens is 5. The molecule has 8 heteroatoms. The first-order chi connectivity index (χ1) is 14.1. The summed E-state index contributed by atoms with van der Waals surface area (Å²) < 4.78 is 3.19. The topological polar surface area (TPSA) is 94.7 Å². The van der Waals surface area contributed by atoms with Gasteiger partial charge in [0.1, 0.15) is 0 Å². The fraction of sp³-hybridized carbons (Fsp3) is 0.190. The normalized spacial score (nSPS) is 10.9. The van der Waals surface area contributed by atoms with Crippen LogP contribution >= 0.6 is 0 Å². The molecule has 146 valence electrons. The minimum atomic E-state index is -0.140. The molecule has 0 radical (unpaired) electrons. The van der Waals surface area contributed by atoms with Crippen LogP contribution in [0.1, 0.15) is 12.0 Å². The fourth-order valence-corrected chi connectivity index (χ4v) is 3.03. The maximum Gasteiger partial charge on any atom is 0.261 e. The van der Waals surface area contributed by atoms with Gasteiger partial charge in [-0.3, -0.25) is 23.8 Å². The Hall–Kier alpha value is -3.81. The van der Waals surface area contributed by atoms with Gasteiger partial charge in [0, 0.05) is 44.5 Å². The third-order valence-electron chi connectivity index (χ3n) is 4.63. The molecule has 0 saturated carbocycles. The van der Waals surface area contributed by atoms with E-state index >= 15 is 0 Å². The molecule has 4 rings (SSSR count). The number of fused-ring (bicyclic) bond motifs is 1. The molecule has 0 atom stereocenters. The number of hydrogen-bond donors (Lipinski definition) is 1. The van der Waals surface area contributed by atoms with Crippen molar-refractivity contribution in [3.8, 4) is 11.3 Å². The zero-order valence-electron chi connectivity index (χ0n) is 15.9. The summed E-state index contributed by atoms with van der Waals surface area (Å²) in [6.07, 6.45) is 7.07. The summed E-state index contributed by atoms with van der Waals surface area (Å²) in [4.78, 5) is 33.3. The Morgan fingerprint density at radius 3 is 2.72 bits per heavy atom. The molecule has 0 fully saturated rings. The predicted octanol–water partition coefficient (Wildman–Crippen LogP) is 1.90. The molecule has 0 aliphatic heterocycles. The molecule has 3 aromatic heterocycles. The standard InChI is InChI=1S/C21H20N6O2/c1-26-13-16(12-25-26)18-7-6-15(10-22-18)11-23-20(28)8-9-27-14-24-19-5-3-2-4-17(19)21(27)29/h2-7,10,12-14H,8-9,11H2,1H3,(H,23,28). The molecule has 4 aromatic rings. The number of amides is 1. The summed E-state index contributed by atoms with van der Waals surface area (Å²) in [6.45, 7) is 0.657. The second-order valence-electron chi connectivity index (χ2n) is 6.74. The van der Waals surface area contributed by atoms with E-state index in [0.29, 0.717) is 17.4 Å². The molecule has 0 unspecified atom stereocenters. The van der Waals surface area contributed by atoms with Crippen molar-refractivity contribution in [1.82, 2.24) is 29.6 Å². The van der Waals surface area contributed by atoms with Crippen LogP contribution in [0.2, 0.25) is 0 Å². The van der Waals surface area contributed by atoms with Gasteiger partial charge in [-0.2, -0.15) is 5.10 Å². The lowest BCUT2D eigenvalue weighted by Crippen LogP contribution is -2.27. The molecule has 3 heterocycles. The van der Waals surface area contributed by atoms with Crippen LogP contribution < -0.4 is 10.9 Å². The minimum Gasteiger partial charge on any atom is -0.352 e. The van der Waals surface area contributed by atoms with Crippen LogP contribution in [0.4, 0.5) is 0 Å². The average molecular weight is 388 g/mol. The molecule has 8 nitrogen and oxygen atoms in total. The highest BCUT2D eigenvalue weighted by Gasteiger charge is 2.07. The van der Waals surface area contributed by atoms with Crippen molar-refractivity contribution in [2.75, 3.05) is 0 Å². The highest BCUT2D eigenvalue weighted by atomic mass is 16.1. The lowest BCUT2D eigenvalue weighted by Gasteiger charge is -2.08. The van der Waals surface area contributed by atoms with Crippen molar-refractivity contribution in [2.24, 2.45) is 7.05 Å². The first-order valence-electron chi connectivity index (χ1n) is 9.25. The van der Waals surface area contributed by atoms with E-state index in [1.54, 1.807) is 35.3 Å². The molecular formula is C21H20N6O2. The van der Waals surface area contributed by atoms with Gasteiger partial charge in [-0.25, -0.2) is 4.98 Å². The third-order valence-corrected chi connectivity index (χ3v) is 4.63. The molecule has 29 heavy (non-hydrogen) atoms. The average Bonchev–Trinajstić information content (AvgIpc) is 3.18. The number of aryl methyl sites for hydroxylation is 2. The summed E-state index contributed by atoms with van der Waals surface area (Å²) in [7, 11) is 1.86. The molecule has 0 spiro atoms. The monoisotopic (exact) mass is 388 g/mol. The van der Waals surface area contributed by atoms with Crippen LogP contribution in [0.25, 0.3) is 22.2 Å². The third kappa shape index (κ3) is 4.21. The molecule has 0 saturated heterocycles. The summed E-state index contributed by atoms with van der Waals surface area (Å²) in [5.41, 5.74) is 3.18. The van der Waals surface area contributed by atoms with Gasteiger partial charge in [-0.15, -0.1) is 0 Å². The van der Waals surface area contributed by atoms with Crippen LogP contribution in [0.15, 0.2) is 66.1 Å². The molecule has 0 aliphatic carbocycles. The largest absolute Gasteiger partial charge is 0.352 e. The number of benzene rings is 1. The summed E-state index contributed by atoms with van der Waals surface area (Å²) >= 11 is 0. The van der Waals surface area contributed by atoms with Crippen molar-refractivity contribution in [3.63, 3.8) is 0 Å². The van der Waals surface area contributed by atoms with Gasteiger partial charge in [0.25, 0.3) is 5.56 Å². The van der Waals surface area contributed by atoms with E-state index in [4.69, 9.17) is 0 Å².